The van der Waals surface area contributed by atoms with Gasteiger partial charge in [0.25, 0.3) is 0 Å². The van der Waals surface area contributed by atoms with Crippen molar-refractivity contribution >= 4 is 5.97 Å². The summed E-state index contributed by atoms with van der Waals surface area (Å²) >= 11 is 0. The summed E-state index contributed by atoms with van der Waals surface area (Å²) in [5, 5.41) is 134. The highest BCUT2D eigenvalue weighted by Gasteiger charge is 2.55. The maximum Gasteiger partial charge on any atom is 0.335 e. The van der Waals surface area contributed by atoms with Crippen LogP contribution in [0.2, 0.25) is 0 Å². The number of carboxylic acids is 1. The molecule has 4 saturated heterocycles. The van der Waals surface area contributed by atoms with Crippen LogP contribution < -0.4 is 5.73 Å². The molecule has 0 aromatic rings. The van der Waals surface area contributed by atoms with Gasteiger partial charge in [-0.25, -0.2) is 4.79 Å². The van der Waals surface area contributed by atoms with Crippen LogP contribution in [0.25, 0.3) is 0 Å². The third kappa shape index (κ3) is 9.66. The first-order valence-corrected chi connectivity index (χ1v) is 16.3. The second-order valence-corrected chi connectivity index (χ2v) is 11.8. The molecule has 51 heavy (non-hydrogen) atoms. The van der Waals surface area contributed by atoms with Crippen molar-refractivity contribution in [2.75, 3.05) is 33.0 Å². The zero-order valence-corrected chi connectivity index (χ0v) is 27.6. The molecule has 0 bridgehead atoms. The highest BCUT2D eigenvalue weighted by atomic mass is 16.8. The number of nitrogens with two attached hydrogens (primary N) is 1. The van der Waals surface area contributed by atoms with Gasteiger partial charge in [0.15, 0.2) is 31.3 Å². The third-order valence-corrected chi connectivity index (χ3v) is 8.55. The first-order chi connectivity index (χ1) is 24.2. The minimum atomic E-state index is -2.09. The fourth-order valence-corrected chi connectivity index (χ4v) is 5.84. The van der Waals surface area contributed by atoms with E-state index >= 15 is 0 Å². The van der Waals surface area contributed by atoms with Gasteiger partial charge in [0, 0.05) is 6.54 Å². The Morgan fingerprint density at radius 1 is 0.529 bits per heavy atom. The highest BCUT2D eigenvalue weighted by Crippen LogP contribution is 2.34. The van der Waals surface area contributed by atoms with Crippen LogP contribution in [0.3, 0.4) is 0 Å². The second-order valence-electron chi connectivity index (χ2n) is 11.8. The molecule has 20 atom stereocenters. The summed E-state index contributed by atoms with van der Waals surface area (Å²) in [6.07, 6.45) is -36.7. The number of hydrogen-bond acceptors (Lipinski definition) is 22. The summed E-state index contributed by atoms with van der Waals surface area (Å²) in [5.74, 6) is -1.73. The average molecular weight is 754 g/mol. The monoisotopic (exact) mass is 753 g/mol. The van der Waals surface area contributed by atoms with Crippen molar-refractivity contribution in [2.24, 2.45) is 5.73 Å². The Morgan fingerprint density at radius 3 is 1.22 bits per heavy atom. The Labute approximate surface area is 290 Å². The van der Waals surface area contributed by atoms with E-state index in [1.807, 2.05) is 13.8 Å². The summed E-state index contributed by atoms with van der Waals surface area (Å²) in [4.78, 5) is 11.4. The quantitative estimate of drug-likeness (QED) is 0.0830. The predicted molar refractivity (Wildman–Crippen MR) is 159 cm³/mol. The third-order valence-electron chi connectivity index (χ3n) is 8.55. The van der Waals surface area contributed by atoms with Gasteiger partial charge in [-0.1, -0.05) is 13.8 Å². The molecule has 0 aromatic heterocycles. The molecule has 20 unspecified atom stereocenters. The van der Waals surface area contributed by atoms with Crippen LogP contribution in [0.1, 0.15) is 13.8 Å². The number of ether oxygens (including phenoxy) is 8. The molecule has 0 radical (unpaired) electrons. The number of rotatable bonds is 13. The van der Waals surface area contributed by atoms with Gasteiger partial charge in [-0.3, -0.25) is 0 Å². The molecule has 0 saturated carbocycles. The van der Waals surface area contributed by atoms with Crippen molar-refractivity contribution in [2.45, 2.75) is 137 Å². The lowest BCUT2D eigenvalue weighted by Crippen LogP contribution is -2.67. The number of hydrogen-bond donors (Lipinski definition) is 14. The van der Waals surface area contributed by atoms with Gasteiger partial charge in [0.1, 0.15) is 91.6 Å². The average Bonchev–Trinajstić information content (AvgIpc) is 3.12. The van der Waals surface area contributed by atoms with E-state index in [-0.39, 0.29) is 13.2 Å². The van der Waals surface area contributed by atoms with Gasteiger partial charge < -0.3 is 110 Å². The van der Waals surface area contributed by atoms with Gasteiger partial charge >= 0.3 is 5.97 Å². The number of carboxylic acid groups (broad SMARTS) is 1. The fraction of sp³-hybridized carbons (Fsp3) is 0.964. The molecule has 4 aliphatic heterocycles. The largest absolute Gasteiger partial charge is 0.479 e. The molecular formula is C28H51NO22. The van der Waals surface area contributed by atoms with E-state index in [0.29, 0.717) is 0 Å². The zero-order valence-electron chi connectivity index (χ0n) is 27.6. The smallest absolute Gasteiger partial charge is 0.335 e. The van der Waals surface area contributed by atoms with Crippen LogP contribution in [-0.4, -0.2) is 228 Å². The van der Waals surface area contributed by atoms with Gasteiger partial charge in [0.05, 0.1) is 26.4 Å². The molecule has 4 fully saturated rings. The van der Waals surface area contributed by atoms with Gasteiger partial charge in [0.2, 0.25) is 0 Å². The number of aliphatic carboxylic acids is 1. The van der Waals surface area contributed by atoms with E-state index < -0.39 is 149 Å². The van der Waals surface area contributed by atoms with Crippen LogP contribution in [0, 0.1) is 0 Å². The molecule has 300 valence electrons. The molecule has 0 spiro atoms. The van der Waals surface area contributed by atoms with E-state index in [1.54, 1.807) is 0 Å². The highest BCUT2D eigenvalue weighted by molar-refractivity contribution is 5.73. The Balaban J connectivity index is 0.00000345. The lowest BCUT2D eigenvalue weighted by atomic mass is 9.95. The zero-order chi connectivity index (χ0) is 38.3. The van der Waals surface area contributed by atoms with Crippen molar-refractivity contribution in [1.29, 1.82) is 0 Å². The van der Waals surface area contributed by atoms with Crippen molar-refractivity contribution in [3.05, 3.63) is 0 Å². The number of aliphatic hydroxyl groups excluding tert-OH is 12. The standard InChI is InChI=1S/C26H45NO22.C2H6/c27-1-2-42-23-15(37)11(33)18(6(3-28)43-23)46-24-16(38)12(34)19(7(4-29)44-24)47-25-17(39)13(35)20(8(5-30)45-25)48-26-14(36)9(31)10(32)21(49-26)22(40)41;1-2/h6-21,23-26,28-39H,1-5,27H2,(H,40,41);1-2H3. The van der Waals surface area contributed by atoms with Gasteiger partial charge in [-0.2, -0.15) is 0 Å². The first-order valence-electron chi connectivity index (χ1n) is 16.3. The molecule has 0 aliphatic carbocycles. The molecule has 4 heterocycles. The molecule has 23 heteroatoms. The van der Waals surface area contributed by atoms with Crippen LogP contribution in [0.15, 0.2) is 0 Å². The summed E-state index contributed by atoms with van der Waals surface area (Å²) < 4.78 is 43.3. The lowest BCUT2D eigenvalue weighted by Gasteiger charge is -2.49. The van der Waals surface area contributed by atoms with E-state index in [9.17, 15) is 71.2 Å². The van der Waals surface area contributed by atoms with Crippen LogP contribution >= 0.6 is 0 Å². The summed E-state index contributed by atoms with van der Waals surface area (Å²) in [5.41, 5.74) is 5.37. The van der Waals surface area contributed by atoms with Crippen LogP contribution in [0.5, 0.6) is 0 Å². The lowest BCUT2D eigenvalue weighted by molar-refractivity contribution is -0.387. The van der Waals surface area contributed by atoms with Gasteiger partial charge in [-0.05, 0) is 0 Å². The topological polar surface area (TPSA) is 380 Å². The predicted octanol–water partition coefficient (Wildman–Crippen LogP) is -8.65. The SMILES string of the molecule is CC.NCCOC1OC(CO)C(OC2OC(CO)C(OC3OC(CO)C(OC4OC(C(=O)O)C(O)C(O)C4O)C(O)C3O)C(O)C2O)C(O)C1O. The first kappa shape index (κ1) is 44.0. The molecule has 0 amide bonds. The number of aliphatic hydroxyl groups is 12. The molecule has 4 aliphatic rings. The maximum absolute atomic E-state index is 11.4. The van der Waals surface area contributed by atoms with Crippen LogP contribution in [-0.2, 0) is 42.7 Å². The summed E-state index contributed by atoms with van der Waals surface area (Å²) in [6, 6.07) is 0. The van der Waals surface area contributed by atoms with Crippen molar-refractivity contribution < 1.29 is 109 Å². The van der Waals surface area contributed by atoms with Crippen molar-refractivity contribution in [1.82, 2.24) is 0 Å². The molecule has 4 rings (SSSR count). The molecular weight excluding hydrogens is 702 g/mol. The van der Waals surface area contributed by atoms with E-state index in [4.69, 9.17) is 43.6 Å². The second kappa shape index (κ2) is 19.8. The van der Waals surface area contributed by atoms with E-state index in [1.165, 1.54) is 0 Å². The number of carbonyl (C=O) groups is 1. The minimum Gasteiger partial charge on any atom is -0.479 e. The maximum atomic E-state index is 11.4. The van der Waals surface area contributed by atoms with Gasteiger partial charge in [-0.15, -0.1) is 0 Å². The van der Waals surface area contributed by atoms with Crippen LogP contribution in [0.4, 0.5) is 0 Å². The Bertz CT molecular complexity index is 1040. The summed E-state index contributed by atoms with van der Waals surface area (Å²) in [7, 11) is 0. The minimum absolute atomic E-state index is 0.0559. The fourth-order valence-electron chi connectivity index (χ4n) is 5.84. The Morgan fingerprint density at radius 2 is 0.863 bits per heavy atom. The Kier molecular flexibility index (Phi) is 17.1. The van der Waals surface area contributed by atoms with E-state index in [0.717, 1.165) is 0 Å². The molecule has 0 aromatic carbocycles. The van der Waals surface area contributed by atoms with E-state index in [2.05, 4.69) is 0 Å². The van der Waals surface area contributed by atoms with Crippen molar-refractivity contribution in [3.63, 3.8) is 0 Å². The van der Waals surface area contributed by atoms with Crippen molar-refractivity contribution in [3.8, 4) is 0 Å². The molecule has 15 N–H and O–H groups in total. The molecule has 23 nitrogen and oxygen atoms in total. The Hall–Kier alpha value is -1.37. The summed E-state index contributed by atoms with van der Waals surface area (Å²) in [6.45, 7) is 1.35. The normalized spacial score (nSPS) is 47.7.